The molecule has 1 amide bonds. The number of ether oxygens (including phenoxy) is 1. The van der Waals surface area contributed by atoms with E-state index in [2.05, 4.69) is 15.5 Å². The third kappa shape index (κ3) is 3.39. The number of nitrogens with two attached hydrogens (primary N) is 1. The summed E-state index contributed by atoms with van der Waals surface area (Å²) >= 11 is 0. The van der Waals surface area contributed by atoms with E-state index in [9.17, 15) is 4.79 Å². The Morgan fingerprint density at radius 3 is 3.00 bits per heavy atom. The maximum absolute atomic E-state index is 10.8. The van der Waals surface area contributed by atoms with E-state index in [1.54, 1.807) is 6.07 Å². The summed E-state index contributed by atoms with van der Waals surface area (Å²) in [5.74, 6) is 0.537. The average molecular weight is 236 g/mol. The van der Waals surface area contributed by atoms with Gasteiger partial charge in [-0.25, -0.2) is 0 Å². The van der Waals surface area contributed by atoms with Crippen LogP contribution >= 0.6 is 0 Å². The van der Waals surface area contributed by atoms with Crippen molar-refractivity contribution in [3.05, 3.63) is 17.8 Å². The summed E-state index contributed by atoms with van der Waals surface area (Å²) in [5, 5.41) is 10.7. The van der Waals surface area contributed by atoms with Crippen molar-refractivity contribution in [3.63, 3.8) is 0 Å². The lowest BCUT2D eigenvalue weighted by Crippen LogP contribution is -2.14. The van der Waals surface area contributed by atoms with Crippen LogP contribution in [0.2, 0.25) is 0 Å². The maximum atomic E-state index is 10.8. The summed E-state index contributed by atoms with van der Waals surface area (Å²) in [6.07, 6.45) is 2.21. The first-order valence-corrected chi connectivity index (χ1v) is 5.73. The second kappa shape index (κ2) is 5.58. The molecule has 1 aliphatic rings. The molecule has 1 atom stereocenters. The number of hydrogen-bond acceptors (Lipinski definition) is 5. The number of hydrogen-bond donors (Lipinski definition) is 2. The smallest absolute Gasteiger partial charge is 0.269 e. The van der Waals surface area contributed by atoms with Crippen molar-refractivity contribution in [1.82, 2.24) is 15.5 Å². The molecular formula is C11H16N4O2. The van der Waals surface area contributed by atoms with E-state index >= 15 is 0 Å². The lowest BCUT2D eigenvalue weighted by atomic mass is 10.1. The summed E-state index contributed by atoms with van der Waals surface area (Å²) in [4.78, 5) is 10.8. The molecule has 17 heavy (non-hydrogen) atoms. The molecule has 1 saturated heterocycles. The van der Waals surface area contributed by atoms with Crippen LogP contribution in [-0.4, -0.2) is 35.8 Å². The molecule has 1 aromatic heterocycles. The van der Waals surface area contributed by atoms with Gasteiger partial charge in [0, 0.05) is 6.07 Å². The zero-order chi connectivity index (χ0) is 12.1. The molecule has 0 bridgehead atoms. The van der Waals surface area contributed by atoms with E-state index in [1.807, 2.05) is 0 Å². The van der Waals surface area contributed by atoms with Crippen molar-refractivity contribution in [1.29, 1.82) is 0 Å². The lowest BCUT2D eigenvalue weighted by Gasteiger charge is -2.08. The van der Waals surface area contributed by atoms with Crippen LogP contribution in [0.3, 0.4) is 0 Å². The van der Waals surface area contributed by atoms with Gasteiger partial charge < -0.3 is 15.8 Å². The van der Waals surface area contributed by atoms with E-state index < -0.39 is 5.91 Å². The number of aromatic nitrogens is 2. The van der Waals surface area contributed by atoms with E-state index in [4.69, 9.17) is 10.5 Å². The van der Waals surface area contributed by atoms with Gasteiger partial charge in [0.2, 0.25) is 5.88 Å². The van der Waals surface area contributed by atoms with Crippen LogP contribution in [0.4, 0.5) is 0 Å². The van der Waals surface area contributed by atoms with Gasteiger partial charge in [0.15, 0.2) is 5.69 Å². The van der Waals surface area contributed by atoms with Crippen LogP contribution in [-0.2, 0) is 0 Å². The highest BCUT2D eigenvalue weighted by Gasteiger charge is 2.14. The Kier molecular flexibility index (Phi) is 3.87. The monoisotopic (exact) mass is 236 g/mol. The number of rotatable bonds is 5. The molecule has 1 unspecified atom stereocenters. The summed E-state index contributed by atoms with van der Waals surface area (Å²) < 4.78 is 5.45. The van der Waals surface area contributed by atoms with Crippen LogP contribution in [0.25, 0.3) is 0 Å². The zero-order valence-corrected chi connectivity index (χ0v) is 9.56. The van der Waals surface area contributed by atoms with Crippen LogP contribution in [0.1, 0.15) is 23.3 Å². The van der Waals surface area contributed by atoms with Gasteiger partial charge in [-0.2, -0.15) is 0 Å². The van der Waals surface area contributed by atoms with Crippen molar-refractivity contribution < 1.29 is 9.53 Å². The number of carbonyl (C=O) groups is 1. The van der Waals surface area contributed by atoms with Gasteiger partial charge in [-0.05, 0) is 37.9 Å². The fourth-order valence-electron chi connectivity index (χ4n) is 1.82. The lowest BCUT2D eigenvalue weighted by molar-refractivity contribution is 0.0994. The first-order chi connectivity index (χ1) is 8.25. The number of primary amides is 1. The Morgan fingerprint density at radius 2 is 2.41 bits per heavy atom. The molecule has 0 radical (unpaired) electrons. The van der Waals surface area contributed by atoms with Gasteiger partial charge in [0.25, 0.3) is 5.91 Å². The van der Waals surface area contributed by atoms with Gasteiger partial charge in [-0.1, -0.05) is 0 Å². The summed E-state index contributed by atoms with van der Waals surface area (Å²) in [6, 6.07) is 3.13. The van der Waals surface area contributed by atoms with Crippen molar-refractivity contribution in [3.8, 4) is 5.88 Å². The molecule has 2 rings (SSSR count). The van der Waals surface area contributed by atoms with Gasteiger partial charge >= 0.3 is 0 Å². The average Bonchev–Trinajstić information content (AvgIpc) is 2.83. The van der Waals surface area contributed by atoms with Crippen molar-refractivity contribution >= 4 is 5.91 Å². The fraction of sp³-hybridized carbons (Fsp3) is 0.545. The Hall–Kier alpha value is -1.69. The predicted octanol–water partition coefficient (Wildman–Crippen LogP) is -0.0461. The topological polar surface area (TPSA) is 90.1 Å². The van der Waals surface area contributed by atoms with Crippen LogP contribution in [0.5, 0.6) is 5.88 Å². The number of nitrogens with zero attached hydrogens (tertiary/aromatic N) is 2. The number of carbonyl (C=O) groups excluding carboxylic acids is 1. The standard InChI is InChI=1S/C11H16N4O2/c12-11(16)9-1-2-10(15-14-9)17-6-4-8-3-5-13-7-8/h1-2,8,13H,3-7H2,(H2,12,16). The molecule has 1 aromatic rings. The van der Waals surface area contributed by atoms with Crippen LogP contribution < -0.4 is 15.8 Å². The summed E-state index contributed by atoms with van der Waals surface area (Å²) in [5.41, 5.74) is 5.21. The van der Waals surface area contributed by atoms with Gasteiger partial charge in [-0.3, -0.25) is 4.79 Å². The normalized spacial score (nSPS) is 19.2. The second-order valence-corrected chi connectivity index (χ2v) is 4.12. The maximum Gasteiger partial charge on any atom is 0.269 e. The molecule has 0 spiro atoms. The predicted molar refractivity (Wildman–Crippen MR) is 61.6 cm³/mol. The van der Waals surface area contributed by atoms with Crippen molar-refractivity contribution in [2.45, 2.75) is 12.8 Å². The molecule has 0 saturated carbocycles. The molecule has 92 valence electrons. The van der Waals surface area contributed by atoms with Crippen LogP contribution in [0, 0.1) is 5.92 Å². The Morgan fingerprint density at radius 1 is 1.53 bits per heavy atom. The largest absolute Gasteiger partial charge is 0.477 e. The molecule has 3 N–H and O–H groups in total. The fourth-order valence-corrected chi connectivity index (χ4v) is 1.82. The Labute approximate surface area is 99.6 Å². The van der Waals surface area contributed by atoms with Crippen molar-refractivity contribution in [2.75, 3.05) is 19.7 Å². The third-order valence-electron chi connectivity index (χ3n) is 2.83. The molecule has 2 heterocycles. The molecule has 1 aliphatic heterocycles. The van der Waals surface area contributed by atoms with Gasteiger partial charge in [0.1, 0.15) is 0 Å². The molecule has 1 fully saturated rings. The first-order valence-electron chi connectivity index (χ1n) is 5.73. The molecule has 0 aromatic carbocycles. The highest BCUT2D eigenvalue weighted by atomic mass is 16.5. The highest BCUT2D eigenvalue weighted by Crippen LogP contribution is 2.13. The molecule has 0 aliphatic carbocycles. The minimum Gasteiger partial charge on any atom is -0.477 e. The van der Waals surface area contributed by atoms with E-state index in [1.165, 1.54) is 12.5 Å². The third-order valence-corrected chi connectivity index (χ3v) is 2.83. The quantitative estimate of drug-likeness (QED) is 0.748. The Balaban J connectivity index is 1.76. The summed E-state index contributed by atoms with van der Waals surface area (Å²) in [7, 11) is 0. The van der Waals surface area contributed by atoms with E-state index in [0.29, 0.717) is 18.4 Å². The molecule has 6 nitrogen and oxygen atoms in total. The van der Waals surface area contributed by atoms with E-state index in [0.717, 1.165) is 19.5 Å². The van der Waals surface area contributed by atoms with Gasteiger partial charge in [0.05, 0.1) is 6.61 Å². The van der Waals surface area contributed by atoms with E-state index in [-0.39, 0.29) is 5.69 Å². The Bertz CT molecular complexity index is 374. The minimum absolute atomic E-state index is 0.150. The second-order valence-electron chi connectivity index (χ2n) is 4.12. The zero-order valence-electron chi connectivity index (χ0n) is 9.56. The number of amides is 1. The number of nitrogens with one attached hydrogen (secondary N) is 1. The van der Waals surface area contributed by atoms with Gasteiger partial charge in [-0.15, -0.1) is 10.2 Å². The highest BCUT2D eigenvalue weighted by molar-refractivity contribution is 5.90. The molecule has 6 heteroatoms. The van der Waals surface area contributed by atoms with Crippen molar-refractivity contribution in [2.24, 2.45) is 11.7 Å². The molecular weight excluding hydrogens is 220 g/mol. The SMILES string of the molecule is NC(=O)c1ccc(OCCC2CCNC2)nn1. The van der Waals surface area contributed by atoms with Crippen LogP contribution in [0.15, 0.2) is 12.1 Å². The minimum atomic E-state index is -0.582. The summed E-state index contributed by atoms with van der Waals surface area (Å²) in [6.45, 7) is 2.78. The first kappa shape index (κ1) is 11.8.